The minimum atomic E-state index is -0.946. The molecule has 1 aromatic heterocycles. The molecule has 6 heteroatoms. The highest BCUT2D eigenvalue weighted by atomic mass is 19.2. The first-order valence-electron chi connectivity index (χ1n) is 5.18. The molecule has 18 heavy (non-hydrogen) atoms. The number of halogens is 2. The monoisotopic (exact) mass is 251 g/mol. The molecule has 0 bridgehead atoms. The Balaban J connectivity index is 2.04. The summed E-state index contributed by atoms with van der Waals surface area (Å²) >= 11 is 0. The van der Waals surface area contributed by atoms with E-state index in [1.807, 2.05) is 0 Å². The van der Waals surface area contributed by atoms with Crippen molar-refractivity contribution in [2.45, 2.75) is 6.61 Å². The minimum absolute atomic E-state index is 0.139. The number of hydrogen-bond donors (Lipinski definition) is 2. The lowest BCUT2D eigenvalue weighted by molar-refractivity contribution is 0.298. The number of rotatable bonds is 4. The fourth-order valence-electron chi connectivity index (χ4n) is 1.37. The van der Waals surface area contributed by atoms with Gasteiger partial charge in [-0.3, -0.25) is 10.8 Å². The maximum absolute atomic E-state index is 12.9. The van der Waals surface area contributed by atoms with Crippen molar-refractivity contribution >= 4 is 5.69 Å². The lowest BCUT2D eigenvalue weighted by atomic mass is 10.3. The maximum atomic E-state index is 12.9. The van der Waals surface area contributed by atoms with E-state index in [1.54, 1.807) is 18.3 Å². The molecule has 1 aromatic carbocycles. The molecular formula is C12H11F2N3O. The average Bonchev–Trinajstić information content (AvgIpc) is 2.40. The van der Waals surface area contributed by atoms with Gasteiger partial charge in [0.25, 0.3) is 0 Å². The molecule has 0 saturated carbocycles. The number of ether oxygens (including phenoxy) is 1. The van der Waals surface area contributed by atoms with Gasteiger partial charge in [0.2, 0.25) is 0 Å². The van der Waals surface area contributed by atoms with Crippen LogP contribution in [0.1, 0.15) is 5.69 Å². The molecule has 2 rings (SSSR count). The topological polar surface area (TPSA) is 60.2 Å². The third kappa shape index (κ3) is 2.92. The van der Waals surface area contributed by atoms with Crippen molar-refractivity contribution in [3.8, 4) is 5.75 Å². The number of hydrazine groups is 1. The van der Waals surface area contributed by atoms with Crippen molar-refractivity contribution in [3.05, 3.63) is 53.9 Å². The molecule has 0 spiro atoms. The Hall–Kier alpha value is -2.21. The number of hydrogen-bond acceptors (Lipinski definition) is 4. The summed E-state index contributed by atoms with van der Waals surface area (Å²) in [5, 5.41) is 0. The summed E-state index contributed by atoms with van der Waals surface area (Å²) in [6.07, 6.45) is 1.57. The maximum Gasteiger partial charge on any atom is 0.162 e. The number of nitrogen functional groups attached to an aromatic ring is 1. The molecule has 0 unspecified atom stereocenters. The first-order valence-corrected chi connectivity index (χ1v) is 5.18. The van der Waals surface area contributed by atoms with E-state index in [0.29, 0.717) is 11.4 Å². The van der Waals surface area contributed by atoms with Gasteiger partial charge in [0, 0.05) is 12.3 Å². The lowest BCUT2D eigenvalue weighted by Crippen LogP contribution is -2.08. The Kier molecular flexibility index (Phi) is 3.69. The molecule has 0 aliphatic carbocycles. The number of nitrogens with two attached hydrogens (primary N) is 1. The van der Waals surface area contributed by atoms with Crippen LogP contribution in [0.2, 0.25) is 0 Å². The zero-order chi connectivity index (χ0) is 13.0. The van der Waals surface area contributed by atoms with E-state index in [9.17, 15) is 8.78 Å². The Morgan fingerprint density at radius 3 is 2.72 bits per heavy atom. The average molecular weight is 251 g/mol. The molecule has 0 amide bonds. The van der Waals surface area contributed by atoms with E-state index >= 15 is 0 Å². The summed E-state index contributed by atoms with van der Waals surface area (Å²) in [4.78, 5) is 4.05. The number of nitrogens with zero attached hydrogens (tertiary/aromatic N) is 1. The van der Waals surface area contributed by atoms with Gasteiger partial charge in [-0.15, -0.1) is 0 Å². The summed E-state index contributed by atoms with van der Waals surface area (Å²) < 4.78 is 30.9. The third-order valence-electron chi connectivity index (χ3n) is 2.26. The van der Waals surface area contributed by atoms with Gasteiger partial charge >= 0.3 is 0 Å². The molecule has 2 aromatic rings. The van der Waals surface area contributed by atoms with Crippen LogP contribution in [0.15, 0.2) is 36.5 Å². The van der Waals surface area contributed by atoms with E-state index in [-0.39, 0.29) is 12.4 Å². The van der Waals surface area contributed by atoms with E-state index in [2.05, 4.69) is 10.4 Å². The summed E-state index contributed by atoms with van der Waals surface area (Å²) in [5.74, 6) is 3.64. The Morgan fingerprint density at radius 2 is 2.00 bits per heavy atom. The summed E-state index contributed by atoms with van der Waals surface area (Å²) in [6, 6.07) is 6.74. The third-order valence-corrected chi connectivity index (χ3v) is 2.26. The van der Waals surface area contributed by atoms with Gasteiger partial charge in [0.1, 0.15) is 12.4 Å². The highest BCUT2D eigenvalue weighted by molar-refractivity contribution is 5.41. The fourth-order valence-corrected chi connectivity index (χ4v) is 1.37. The zero-order valence-electron chi connectivity index (χ0n) is 9.36. The van der Waals surface area contributed by atoms with Crippen LogP contribution in [0.25, 0.3) is 0 Å². The van der Waals surface area contributed by atoms with Crippen LogP contribution in [0.5, 0.6) is 5.75 Å². The van der Waals surface area contributed by atoms with Crippen molar-refractivity contribution in [2.24, 2.45) is 5.84 Å². The number of pyridine rings is 1. The van der Waals surface area contributed by atoms with Crippen molar-refractivity contribution < 1.29 is 13.5 Å². The van der Waals surface area contributed by atoms with Crippen molar-refractivity contribution in [1.29, 1.82) is 0 Å². The van der Waals surface area contributed by atoms with Crippen LogP contribution >= 0.6 is 0 Å². The molecule has 4 nitrogen and oxygen atoms in total. The molecule has 3 N–H and O–H groups in total. The van der Waals surface area contributed by atoms with Crippen LogP contribution in [-0.2, 0) is 6.61 Å². The predicted molar refractivity (Wildman–Crippen MR) is 62.7 cm³/mol. The van der Waals surface area contributed by atoms with Gasteiger partial charge in [-0.25, -0.2) is 8.78 Å². The standard InChI is InChI=1S/C12H11F2N3O/c13-11-2-1-10(6-12(11)14)18-7-9-5-8(17-15)3-4-16-9/h1-6H,7,15H2,(H,16,17). The van der Waals surface area contributed by atoms with Crippen LogP contribution in [-0.4, -0.2) is 4.98 Å². The minimum Gasteiger partial charge on any atom is -0.487 e. The van der Waals surface area contributed by atoms with Crippen LogP contribution < -0.4 is 16.0 Å². The molecule has 0 aliphatic rings. The fraction of sp³-hybridized carbons (Fsp3) is 0.0833. The van der Waals surface area contributed by atoms with E-state index < -0.39 is 11.6 Å². The molecule has 0 radical (unpaired) electrons. The zero-order valence-corrected chi connectivity index (χ0v) is 9.36. The van der Waals surface area contributed by atoms with Crippen LogP contribution in [0, 0.1) is 11.6 Å². The second-order valence-electron chi connectivity index (χ2n) is 3.54. The van der Waals surface area contributed by atoms with E-state index in [1.165, 1.54) is 6.07 Å². The first-order chi connectivity index (χ1) is 8.69. The molecule has 0 saturated heterocycles. The molecule has 0 atom stereocenters. The summed E-state index contributed by atoms with van der Waals surface area (Å²) in [7, 11) is 0. The number of aromatic nitrogens is 1. The highest BCUT2D eigenvalue weighted by Gasteiger charge is 2.04. The van der Waals surface area contributed by atoms with Crippen molar-refractivity contribution in [2.75, 3.05) is 5.43 Å². The predicted octanol–water partition coefficient (Wildman–Crippen LogP) is 2.22. The summed E-state index contributed by atoms with van der Waals surface area (Å²) in [5.41, 5.74) is 3.79. The van der Waals surface area contributed by atoms with Gasteiger partial charge in [-0.2, -0.15) is 0 Å². The van der Waals surface area contributed by atoms with Gasteiger partial charge in [-0.1, -0.05) is 0 Å². The second kappa shape index (κ2) is 5.42. The first kappa shape index (κ1) is 12.3. The SMILES string of the molecule is NNc1ccnc(COc2ccc(F)c(F)c2)c1. The Morgan fingerprint density at radius 1 is 1.17 bits per heavy atom. The lowest BCUT2D eigenvalue weighted by Gasteiger charge is -2.07. The number of anilines is 1. The molecule has 0 aliphatic heterocycles. The highest BCUT2D eigenvalue weighted by Crippen LogP contribution is 2.17. The van der Waals surface area contributed by atoms with Crippen LogP contribution in [0.3, 0.4) is 0 Å². The smallest absolute Gasteiger partial charge is 0.162 e. The normalized spacial score (nSPS) is 10.2. The molecule has 0 fully saturated rings. The molecular weight excluding hydrogens is 240 g/mol. The van der Waals surface area contributed by atoms with Crippen molar-refractivity contribution in [1.82, 2.24) is 4.98 Å². The van der Waals surface area contributed by atoms with Gasteiger partial charge in [-0.05, 0) is 24.3 Å². The largest absolute Gasteiger partial charge is 0.487 e. The summed E-state index contributed by atoms with van der Waals surface area (Å²) in [6.45, 7) is 0.139. The van der Waals surface area contributed by atoms with Gasteiger partial charge in [0.05, 0.1) is 11.4 Å². The number of benzene rings is 1. The second-order valence-corrected chi connectivity index (χ2v) is 3.54. The van der Waals surface area contributed by atoms with Gasteiger partial charge in [0.15, 0.2) is 11.6 Å². The van der Waals surface area contributed by atoms with E-state index in [0.717, 1.165) is 12.1 Å². The number of nitrogens with one attached hydrogen (secondary N) is 1. The van der Waals surface area contributed by atoms with Gasteiger partial charge < -0.3 is 10.2 Å². The van der Waals surface area contributed by atoms with E-state index in [4.69, 9.17) is 10.6 Å². The Labute approximate surface area is 102 Å². The molecule has 94 valence electrons. The van der Waals surface area contributed by atoms with Crippen LogP contribution in [0.4, 0.5) is 14.5 Å². The Bertz CT molecular complexity index is 549. The van der Waals surface area contributed by atoms with Crippen molar-refractivity contribution in [3.63, 3.8) is 0 Å². The molecule has 1 heterocycles. The quantitative estimate of drug-likeness (QED) is 0.646.